The minimum Gasteiger partial charge on any atom is -0.480 e. The van der Waals surface area contributed by atoms with Crippen molar-refractivity contribution >= 4 is 34.5 Å². The Morgan fingerprint density at radius 2 is 2.24 bits per heavy atom. The first-order valence-corrected chi connectivity index (χ1v) is 7.91. The Morgan fingerprint density at radius 3 is 2.95 bits per heavy atom. The van der Waals surface area contributed by atoms with Crippen molar-refractivity contribution in [2.24, 2.45) is 0 Å². The van der Waals surface area contributed by atoms with Gasteiger partial charge in [0, 0.05) is 28.4 Å². The SMILES string of the molecule is CCC1SCC(C(=O)O)N1C(=O)c1ccc2[nH]ccc2c1. The highest BCUT2D eigenvalue weighted by atomic mass is 32.2. The van der Waals surface area contributed by atoms with Gasteiger partial charge in [0.05, 0.1) is 5.37 Å². The number of fused-ring (bicyclic) bond motifs is 1. The molecule has 1 aliphatic rings. The lowest BCUT2D eigenvalue weighted by atomic mass is 10.1. The Kier molecular flexibility index (Phi) is 3.63. The maximum Gasteiger partial charge on any atom is 0.327 e. The molecule has 2 N–H and O–H groups in total. The molecular formula is C15H16N2O3S. The van der Waals surface area contributed by atoms with Crippen molar-refractivity contribution in [2.75, 3.05) is 5.75 Å². The van der Waals surface area contributed by atoms with Gasteiger partial charge in [-0.3, -0.25) is 4.79 Å². The van der Waals surface area contributed by atoms with Gasteiger partial charge in [-0.15, -0.1) is 11.8 Å². The average molecular weight is 304 g/mol. The van der Waals surface area contributed by atoms with Gasteiger partial charge in [-0.05, 0) is 30.7 Å². The number of carboxylic acids is 1. The van der Waals surface area contributed by atoms with Gasteiger partial charge < -0.3 is 15.0 Å². The van der Waals surface area contributed by atoms with Crippen LogP contribution in [0.2, 0.25) is 0 Å². The number of thioether (sulfide) groups is 1. The quantitative estimate of drug-likeness (QED) is 0.914. The summed E-state index contributed by atoms with van der Waals surface area (Å²) in [5.41, 5.74) is 1.50. The average Bonchev–Trinajstić information content (AvgIpc) is 3.11. The maximum absolute atomic E-state index is 12.7. The summed E-state index contributed by atoms with van der Waals surface area (Å²) in [5.74, 6) is -0.691. The molecule has 1 fully saturated rings. The van der Waals surface area contributed by atoms with Crippen LogP contribution < -0.4 is 0 Å². The summed E-state index contributed by atoms with van der Waals surface area (Å²) in [5, 5.41) is 10.2. The predicted molar refractivity (Wildman–Crippen MR) is 82.4 cm³/mol. The van der Waals surface area contributed by atoms with Crippen LogP contribution >= 0.6 is 11.8 Å². The summed E-state index contributed by atoms with van der Waals surface area (Å²) in [6, 6.07) is 6.56. The Bertz CT molecular complexity index is 697. The van der Waals surface area contributed by atoms with Gasteiger partial charge in [0.25, 0.3) is 5.91 Å². The van der Waals surface area contributed by atoms with E-state index in [2.05, 4.69) is 4.98 Å². The van der Waals surface area contributed by atoms with Crippen LogP contribution in [-0.4, -0.2) is 44.0 Å². The highest BCUT2D eigenvalue weighted by Gasteiger charge is 2.41. The number of carbonyl (C=O) groups is 2. The first-order chi connectivity index (χ1) is 10.1. The third-order valence-electron chi connectivity index (χ3n) is 3.76. The van der Waals surface area contributed by atoms with Crippen LogP contribution in [0, 0.1) is 0 Å². The van der Waals surface area contributed by atoms with E-state index in [1.54, 1.807) is 6.07 Å². The van der Waals surface area contributed by atoms with Crippen LogP contribution in [0.1, 0.15) is 23.7 Å². The fourth-order valence-electron chi connectivity index (χ4n) is 2.68. The molecular weight excluding hydrogens is 288 g/mol. The van der Waals surface area contributed by atoms with E-state index in [1.165, 1.54) is 16.7 Å². The minimum absolute atomic E-state index is 0.0690. The normalized spacial score (nSPS) is 21.9. The lowest BCUT2D eigenvalue weighted by Gasteiger charge is -2.26. The van der Waals surface area contributed by atoms with Gasteiger partial charge in [-0.25, -0.2) is 4.79 Å². The molecule has 1 aromatic carbocycles. The molecule has 1 saturated heterocycles. The second-order valence-corrected chi connectivity index (χ2v) is 6.25. The van der Waals surface area contributed by atoms with E-state index in [0.29, 0.717) is 11.3 Å². The number of aromatic amines is 1. The highest BCUT2D eigenvalue weighted by Crippen LogP contribution is 2.33. The fourth-order valence-corrected chi connectivity index (χ4v) is 4.02. The molecule has 110 valence electrons. The number of carbonyl (C=O) groups excluding carboxylic acids is 1. The number of hydrogen-bond donors (Lipinski definition) is 2. The van der Waals surface area contributed by atoms with Crippen molar-refractivity contribution in [3.8, 4) is 0 Å². The first kappa shape index (κ1) is 14.0. The number of benzene rings is 1. The Hall–Kier alpha value is -1.95. The topological polar surface area (TPSA) is 73.4 Å². The van der Waals surface area contributed by atoms with Gasteiger partial charge in [-0.1, -0.05) is 6.92 Å². The summed E-state index contributed by atoms with van der Waals surface area (Å²) in [7, 11) is 0. The highest BCUT2D eigenvalue weighted by molar-refractivity contribution is 8.00. The third kappa shape index (κ3) is 2.40. The van der Waals surface area contributed by atoms with E-state index in [1.807, 2.05) is 31.3 Å². The Balaban J connectivity index is 1.96. The van der Waals surface area contributed by atoms with E-state index in [-0.39, 0.29) is 11.3 Å². The summed E-state index contributed by atoms with van der Waals surface area (Å²) in [6.07, 6.45) is 2.56. The van der Waals surface area contributed by atoms with Crippen LogP contribution in [0.25, 0.3) is 10.9 Å². The smallest absolute Gasteiger partial charge is 0.327 e. The molecule has 1 aliphatic heterocycles. The van der Waals surface area contributed by atoms with Gasteiger partial charge in [0.2, 0.25) is 0 Å². The summed E-state index contributed by atoms with van der Waals surface area (Å²) in [4.78, 5) is 28.7. The Morgan fingerprint density at radius 1 is 1.43 bits per heavy atom. The minimum atomic E-state index is -0.936. The van der Waals surface area contributed by atoms with Crippen LogP contribution in [0.5, 0.6) is 0 Å². The largest absolute Gasteiger partial charge is 0.480 e. The van der Waals surface area contributed by atoms with E-state index in [9.17, 15) is 14.7 Å². The number of H-pyrrole nitrogens is 1. The number of amides is 1. The zero-order chi connectivity index (χ0) is 15.0. The van der Waals surface area contributed by atoms with Crippen molar-refractivity contribution in [1.82, 2.24) is 9.88 Å². The molecule has 0 spiro atoms. The molecule has 0 saturated carbocycles. The zero-order valence-corrected chi connectivity index (χ0v) is 12.4. The monoisotopic (exact) mass is 304 g/mol. The van der Waals surface area contributed by atoms with Crippen LogP contribution in [0.3, 0.4) is 0 Å². The van der Waals surface area contributed by atoms with Gasteiger partial charge >= 0.3 is 5.97 Å². The van der Waals surface area contributed by atoms with Crippen molar-refractivity contribution in [1.29, 1.82) is 0 Å². The standard InChI is InChI=1S/C15H16N2O3S/c1-2-13-17(12(8-21-13)15(19)20)14(18)10-3-4-11-9(7-10)5-6-16-11/h3-7,12-13,16H,2,8H2,1H3,(H,19,20). The first-order valence-electron chi connectivity index (χ1n) is 6.86. The van der Waals surface area contributed by atoms with Crippen molar-refractivity contribution < 1.29 is 14.7 Å². The predicted octanol–water partition coefficient (Wildman–Crippen LogP) is 2.55. The molecule has 2 atom stereocenters. The molecule has 2 heterocycles. The molecule has 6 heteroatoms. The van der Waals surface area contributed by atoms with Gasteiger partial charge in [0.15, 0.2) is 0 Å². The molecule has 2 unspecified atom stereocenters. The maximum atomic E-state index is 12.7. The molecule has 1 amide bonds. The van der Waals surface area contributed by atoms with E-state index >= 15 is 0 Å². The number of nitrogens with one attached hydrogen (secondary N) is 1. The zero-order valence-electron chi connectivity index (χ0n) is 11.6. The molecule has 0 aliphatic carbocycles. The molecule has 3 rings (SSSR count). The van der Waals surface area contributed by atoms with Crippen molar-refractivity contribution in [2.45, 2.75) is 24.8 Å². The van der Waals surface area contributed by atoms with E-state index in [4.69, 9.17) is 0 Å². The number of carboxylic acid groups (broad SMARTS) is 1. The van der Waals surface area contributed by atoms with Crippen LogP contribution in [0.4, 0.5) is 0 Å². The number of aromatic nitrogens is 1. The Labute approximate surface area is 126 Å². The van der Waals surface area contributed by atoms with Crippen molar-refractivity contribution in [3.63, 3.8) is 0 Å². The molecule has 21 heavy (non-hydrogen) atoms. The fraction of sp³-hybridized carbons (Fsp3) is 0.333. The number of nitrogens with zero attached hydrogens (tertiary/aromatic N) is 1. The summed E-state index contributed by atoms with van der Waals surface area (Å²) in [6.45, 7) is 1.97. The molecule has 1 aromatic heterocycles. The number of aliphatic carboxylic acids is 1. The molecule has 2 aromatic rings. The lowest BCUT2D eigenvalue weighted by Crippen LogP contribution is -2.45. The van der Waals surface area contributed by atoms with Crippen LogP contribution in [0.15, 0.2) is 30.5 Å². The molecule has 5 nitrogen and oxygen atoms in total. The van der Waals surface area contributed by atoms with Gasteiger partial charge in [0.1, 0.15) is 6.04 Å². The van der Waals surface area contributed by atoms with E-state index < -0.39 is 12.0 Å². The second-order valence-electron chi connectivity index (χ2n) is 5.04. The van der Waals surface area contributed by atoms with E-state index in [0.717, 1.165) is 17.3 Å². The molecule has 0 bridgehead atoms. The summed E-state index contributed by atoms with van der Waals surface area (Å²) >= 11 is 1.53. The van der Waals surface area contributed by atoms with Crippen LogP contribution in [-0.2, 0) is 4.79 Å². The third-order valence-corrected chi connectivity index (χ3v) is 5.21. The van der Waals surface area contributed by atoms with Gasteiger partial charge in [-0.2, -0.15) is 0 Å². The number of hydrogen-bond acceptors (Lipinski definition) is 3. The second kappa shape index (κ2) is 5.44. The molecule has 0 radical (unpaired) electrons. The van der Waals surface area contributed by atoms with Crippen molar-refractivity contribution in [3.05, 3.63) is 36.0 Å². The summed E-state index contributed by atoms with van der Waals surface area (Å²) < 4.78 is 0. The number of rotatable bonds is 3. The lowest BCUT2D eigenvalue weighted by molar-refractivity contribution is -0.141.